The first-order valence-electron chi connectivity index (χ1n) is 6.00. The number of nitrogens with two attached hydrogens (primary N) is 1. The predicted octanol–water partition coefficient (Wildman–Crippen LogP) is 2.06. The average molecular weight is 305 g/mol. The maximum atomic E-state index is 11.4. The Bertz CT molecular complexity index is 360. The molecule has 1 amide bonds. The molecule has 3 N–H and O–H groups in total. The molecule has 0 bridgehead atoms. The van der Waals surface area contributed by atoms with Gasteiger partial charge in [-0.3, -0.25) is 4.79 Å². The van der Waals surface area contributed by atoms with Gasteiger partial charge in [-0.2, -0.15) is 0 Å². The summed E-state index contributed by atoms with van der Waals surface area (Å²) in [6.07, 6.45) is 1.36. The van der Waals surface area contributed by atoms with Gasteiger partial charge in [0.05, 0.1) is 7.11 Å². The van der Waals surface area contributed by atoms with Crippen molar-refractivity contribution in [3.8, 4) is 5.75 Å². The van der Waals surface area contributed by atoms with Crippen LogP contribution in [-0.2, 0) is 4.79 Å². The zero-order chi connectivity index (χ0) is 13.2. The molecule has 108 valence electrons. The molecule has 19 heavy (non-hydrogen) atoms. The Kier molecular flexibility index (Phi) is 10.4. The normalized spacial score (nSPS) is 9.58. The summed E-state index contributed by atoms with van der Waals surface area (Å²) in [6.45, 7) is 1.28. The number of halogens is 1. The lowest BCUT2D eigenvalue weighted by molar-refractivity contribution is -0.120. The minimum absolute atomic E-state index is 0. The van der Waals surface area contributed by atoms with E-state index in [-0.39, 0.29) is 18.3 Å². The summed E-state index contributed by atoms with van der Waals surface area (Å²) in [4.78, 5) is 12.6. The van der Waals surface area contributed by atoms with Crippen molar-refractivity contribution in [1.29, 1.82) is 0 Å². The largest absolute Gasteiger partial charge is 0.497 e. The van der Waals surface area contributed by atoms with Crippen molar-refractivity contribution < 1.29 is 9.53 Å². The average Bonchev–Trinajstić information content (AvgIpc) is 2.40. The zero-order valence-corrected chi connectivity index (χ0v) is 12.7. The molecule has 1 aromatic carbocycles. The van der Waals surface area contributed by atoms with Gasteiger partial charge in [0.15, 0.2) is 0 Å². The van der Waals surface area contributed by atoms with E-state index in [1.807, 2.05) is 24.3 Å². The number of rotatable bonds is 8. The van der Waals surface area contributed by atoms with E-state index in [4.69, 9.17) is 10.5 Å². The van der Waals surface area contributed by atoms with E-state index < -0.39 is 0 Å². The van der Waals surface area contributed by atoms with Gasteiger partial charge in [-0.1, -0.05) is 0 Å². The number of thioether (sulfide) groups is 1. The third kappa shape index (κ3) is 7.97. The molecule has 6 heteroatoms. The number of hydrogen-bond donors (Lipinski definition) is 2. The molecular formula is C13H21ClN2O2S. The summed E-state index contributed by atoms with van der Waals surface area (Å²) in [5.74, 6) is 1.71. The van der Waals surface area contributed by atoms with Crippen molar-refractivity contribution in [3.05, 3.63) is 24.3 Å². The Morgan fingerprint density at radius 3 is 2.63 bits per heavy atom. The Balaban J connectivity index is 0.00000324. The van der Waals surface area contributed by atoms with E-state index in [0.29, 0.717) is 19.5 Å². The molecule has 0 aliphatic rings. The Morgan fingerprint density at radius 2 is 2.05 bits per heavy atom. The van der Waals surface area contributed by atoms with Crippen LogP contribution in [0.15, 0.2) is 29.2 Å². The van der Waals surface area contributed by atoms with Crippen LogP contribution < -0.4 is 15.8 Å². The first-order valence-corrected chi connectivity index (χ1v) is 6.98. The van der Waals surface area contributed by atoms with Gasteiger partial charge in [0, 0.05) is 23.6 Å². The fraction of sp³-hybridized carbons (Fsp3) is 0.462. The summed E-state index contributed by atoms with van der Waals surface area (Å²) in [5.41, 5.74) is 5.35. The Hall–Kier alpha value is -0.910. The first kappa shape index (κ1) is 18.1. The second kappa shape index (κ2) is 11.0. The summed E-state index contributed by atoms with van der Waals surface area (Å²) >= 11 is 1.67. The molecule has 0 aliphatic heterocycles. The highest BCUT2D eigenvalue weighted by molar-refractivity contribution is 7.99. The quantitative estimate of drug-likeness (QED) is 0.570. The van der Waals surface area contributed by atoms with E-state index in [1.54, 1.807) is 18.9 Å². The predicted molar refractivity (Wildman–Crippen MR) is 82.3 cm³/mol. The molecule has 0 spiro atoms. The summed E-state index contributed by atoms with van der Waals surface area (Å²) in [5, 5.41) is 2.84. The zero-order valence-electron chi connectivity index (χ0n) is 11.1. The summed E-state index contributed by atoms with van der Waals surface area (Å²) < 4.78 is 5.08. The van der Waals surface area contributed by atoms with Gasteiger partial charge in [-0.25, -0.2) is 0 Å². The highest BCUT2D eigenvalue weighted by Crippen LogP contribution is 2.21. The standard InChI is InChI=1S/C13H20N2O2S.ClH/c1-17-11-3-5-12(6-4-11)18-10-7-13(16)15-9-2-8-14;/h3-6H,2,7-10,14H2,1H3,(H,15,16);1H. The number of carbonyl (C=O) groups excluding carboxylic acids is 1. The fourth-order valence-electron chi connectivity index (χ4n) is 1.35. The van der Waals surface area contributed by atoms with Crippen LogP contribution in [-0.4, -0.2) is 31.9 Å². The van der Waals surface area contributed by atoms with E-state index in [9.17, 15) is 4.79 Å². The summed E-state index contributed by atoms with van der Waals surface area (Å²) in [7, 11) is 1.65. The molecule has 1 aromatic rings. The topological polar surface area (TPSA) is 64.3 Å². The number of hydrogen-bond acceptors (Lipinski definition) is 4. The lowest BCUT2D eigenvalue weighted by atomic mass is 10.3. The van der Waals surface area contributed by atoms with Gasteiger partial charge >= 0.3 is 0 Å². The van der Waals surface area contributed by atoms with Crippen molar-refractivity contribution in [3.63, 3.8) is 0 Å². The number of methoxy groups -OCH3 is 1. The number of carbonyl (C=O) groups is 1. The molecule has 0 saturated carbocycles. The molecule has 0 aliphatic carbocycles. The first-order chi connectivity index (χ1) is 8.76. The third-order valence-corrected chi connectivity index (χ3v) is 3.37. The number of ether oxygens (including phenoxy) is 1. The lowest BCUT2D eigenvalue weighted by Gasteiger charge is -2.05. The van der Waals surface area contributed by atoms with Crippen LogP contribution in [0.1, 0.15) is 12.8 Å². The third-order valence-electron chi connectivity index (χ3n) is 2.36. The minimum Gasteiger partial charge on any atom is -0.497 e. The monoisotopic (exact) mass is 304 g/mol. The second-order valence-corrected chi connectivity index (χ2v) is 4.93. The maximum absolute atomic E-state index is 11.4. The van der Waals surface area contributed by atoms with Crippen molar-refractivity contribution in [2.24, 2.45) is 5.73 Å². The van der Waals surface area contributed by atoms with Crippen molar-refractivity contribution >= 4 is 30.1 Å². The van der Waals surface area contributed by atoms with Gasteiger partial charge < -0.3 is 15.8 Å². The van der Waals surface area contributed by atoms with Crippen LogP contribution in [0, 0.1) is 0 Å². The van der Waals surface area contributed by atoms with Crippen LogP contribution in [0.2, 0.25) is 0 Å². The molecule has 0 unspecified atom stereocenters. The molecule has 0 heterocycles. The van der Waals surface area contributed by atoms with Crippen LogP contribution >= 0.6 is 24.2 Å². The highest BCUT2D eigenvalue weighted by Gasteiger charge is 2.01. The highest BCUT2D eigenvalue weighted by atomic mass is 35.5. The van der Waals surface area contributed by atoms with Gasteiger partial charge in [0.25, 0.3) is 0 Å². The van der Waals surface area contributed by atoms with Crippen molar-refractivity contribution in [2.75, 3.05) is 26.0 Å². The molecular weight excluding hydrogens is 284 g/mol. The van der Waals surface area contributed by atoms with E-state index in [1.165, 1.54) is 0 Å². The number of benzene rings is 1. The molecule has 0 fully saturated rings. The smallest absolute Gasteiger partial charge is 0.220 e. The molecule has 1 rings (SSSR count). The Labute approximate surface area is 124 Å². The fourth-order valence-corrected chi connectivity index (χ4v) is 2.20. The number of amides is 1. The van der Waals surface area contributed by atoms with Crippen molar-refractivity contribution in [1.82, 2.24) is 5.32 Å². The molecule has 0 radical (unpaired) electrons. The van der Waals surface area contributed by atoms with Gasteiger partial charge in [0.1, 0.15) is 5.75 Å². The van der Waals surface area contributed by atoms with Crippen molar-refractivity contribution in [2.45, 2.75) is 17.7 Å². The van der Waals surface area contributed by atoms with Gasteiger partial charge in [-0.05, 0) is 37.2 Å². The SMILES string of the molecule is COc1ccc(SCCC(=O)NCCCN)cc1.Cl. The van der Waals surface area contributed by atoms with Crippen LogP contribution in [0.5, 0.6) is 5.75 Å². The lowest BCUT2D eigenvalue weighted by Crippen LogP contribution is -2.26. The minimum atomic E-state index is 0. The Morgan fingerprint density at radius 1 is 1.37 bits per heavy atom. The van der Waals surface area contributed by atoms with E-state index in [0.717, 1.165) is 22.8 Å². The molecule has 0 atom stereocenters. The van der Waals surface area contributed by atoms with Gasteiger partial charge in [-0.15, -0.1) is 24.2 Å². The van der Waals surface area contributed by atoms with Gasteiger partial charge in [0.2, 0.25) is 5.91 Å². The van der Waals surface area contributed by atoms with Crippen LogP contribution in [0.4, 0.5) is 0 Å². The summed E-state index contributed by atoms with van der Waals surface area (Å²) in [6, 6.07) is 7.83. The van der Waals surface area contributed by atoms with Crippen LogP contribution in [0.25, 0.3) is 0 Å². The maximum Gasteiger partial charge on any atom is 0.220 e. The molecule has 4 nitrogen and oxygen atoms in total. The second-order valence-electron chi connectivity index (χ2n) is 3.77. The number of nitrogens with one attached hydrogen (secondary N) is 1. The van der Waals surface area contributed by atoms with E-state index in [2.05, 4.69) is 5.32 Å². The molecule has 0 saturated heterocycles. The van der Waals surface area contributed by atoms with E-state index >= 15 is 0 Å². The van der Waals surface area contributed by atoms with Crippen LogP contribution in [0.3, 0.4) is 0 Å². The molecule has 0 aromatic heterocycles.